The van der Waals surface area contributed by atoms with E-state index < -0.39 is 10.3 Å². The molecular weight excluding hydrogens is 514 g/mol. The van der Waals surface area contributed by atoms with Crippen molar-refractivity contribution < 1.29 is 17.8 Å². The average molecular weight is 536 g/mol. The van der Waals surface area contributed by atoms with Crippen molar-refractivity contribution in [3.63, 3.8) is 0 Å². The van der Waals surface area contributed by atoms with Crippen LogP contribution in [0.4, 0.5) is 5.69 Å². The first-order valence-corrected chi connectivity index (χ1v) is 13.9. The van der Waals surface area contributed by atoms with Gasteiger partial charge < -0.3 is 10.6 Å². The highest BCUT2D eigenvalue weighted by molar-refractivity contribution is 8.02. The Bertz CT molecular complexity index is 1280. The van der Waals surface area contributed by atoms with Crippen LogP contribution in [0, 0.1) is 0 Å². The van der Waals surface area contributed by atoms with Gasteiger partial charge >= 0.3 is 10.3 Å². The maximum Gasteiger partial charge on any atom is 0.357 e. The van der Waals surface area contributed by atoms with Gasteiger partial charge in [0.15, 0.2) is 0 Å². The summed E-state index contributed by atoms with van der Waals surface area (Å²) in [5.74, 6) is -0.135. The molecule has 7 nitrogen and oxygen atoms in total. The summed E-state index contributed by atoms with van der Waals surface area (Å²) in [5, 5.41) is 11.4. The van der Waals surface area contributed by atoms with E-state index in [1.165, 1.54) is 4.88 Å². The Morgan fingerprint density at radius 1 is 1.12 bits per heavy atom. The highest BCUT2D eigenvalue weighted by atomic mass is 35.5. The molecule has 2 heterocycles. The molecule has 11 heteroatoms. The largest absolute Gasteiger partial charge is 0.370 e. The summed E-state index contributed by atoms with van der Waals surface area (Å²) < 4.78 is 33.0. The number of thiophene rings is 1. The van der Waals surface area contributed by atoms with Gasteiger partial charge in [-0.05, 0) is 58.7 Å². The molecule has 34 heavy (non-hydrogen) atoms. The quantitative estimate of drug-likeness (QED) is 0.294. The highest BCUT2D eigenvalue weighted by Gasteiger charge is 2.26. The van der Waals surface area contributed by atoms with Crippen LogP contribution >= 0.6 is 34.7 Å². The number of thioether (sulfide) groups is 1. The second kappa shape index (κ2) is 10.8. The van der Waals surface area contributed by atoms with E-state index in [0.29, 0.717) is 11.4 Å². The van der Waals surface area contributed by atoms with Crippen LogP contribution < -0.4 is 15.4 Å². The molecule has 0 spiro atoms. The minimum atomic E-state index is -4.34. The van der Waals surface area contributed by atoms with Crippen molar-refractivity contribution in [2.24, 2.45) is 0 Å². The number of halogens is 1. The van der Waals surface area contributed by atoms with Crippen LogP contribution in [0.2, 0.25) is 5.02 Å². The van der Waals surface area contributed by atoms with Crippen LogP contribution in [0.3, 0.4) is 0 Å². The fraction of sp³-hybridized carbons (Fsp3) is 0.174. The number of rotatable bonds is 9. The van der Waals surface area contributed by atoms with Gasteiger partial charge in [0.05, 0.1) is 18.2 Å². The minimum absolute atomic E-state index is 0.0867. The van der Waals surface area contributed by atoms with E-state index in [2.05, 4.69) is 16.7 Å². The predicted octanol–water partition coefficient (Wildman–Crippen LogP) is 4.76. The number of benzene rings is 2. The van der Waals surface area contributed by atoms with Crippen LogP contribution in [-0.2, 0) is 27.9 Å². The Hall–Kier alpha value is -2.50. The number of carbonyl (C=O) groups is 1. The summed E-state index contributed by atoms with van der Waals surface area (Å²) in [7, 11) is -4.34. The fourth-order valence-electron chi connectivity index (χ4n) is 3.53. The Morgan fingerprint density at radius 3 is 2.59 bits per heavy atom. The summed E-state index contributed by atoms with van der Waals surface area (Å²) in [6.45, 7) is 0. The molecule has 0 fully saturated rings. The van der Waals surface area contributed by atoms with E-state index in [-0.39, 0.29) is 29.4 Å². The normalized spacial score (nSPS) is 16.4. The smallest absolute Gasteiger partial charge is 0.357 e. The molecule has 0 saturated heterocycles. The van der Waals surface area contributed by atoms with E-state index in [0.717, 1.165) is 16.8 Å². The van der Waals surface area contributed by atoms with Crippen molar-refractivity contribution >= 4 is 56.6 Å². The van der Waals surface area contributed by atoms with Crippen molar-refractivity contribution in [3.05, 3.63) is 98.2 Å². The summed E-state index contributed by atoms with van der Waals surface area (Å²) in [5.41, 5.74) is 2.87. The molecule has 4 N–H and O–H groups in total. The Morgan fingerprint density at radius 2 is 1.91 bits per heavy atom. The Labute approximate surface area is 211 Å². The van der Waals surface area contributed by atoms with Gasteiger partial charge in [-0.25, -0.2) is 0 Å². The Balaban J connectivity index is 1.48. The molecule has 1 amide bonds. The number of hydrogen-bond acceptors (Lipinski definition) is 6. The molecule has 0 saturated carbocycles. The SMILES string of the molecule is O=C(Cc1cccc(Cl)c1)N[C@@H](Cc1ccc(NS(=O)(=O)O)cc1)C1=CSC(c2cccs2)N1. The van der Waals surface area contributed by atoms with E-state index in [4.69, 9.17) is 16.2 Å². The van der Waals surface area contributed by atoms with Gasteiger partial charge in [-0.1, -0.05) is 41.9 Å². The van der Waals surface area contributed by atoms with Gasteiger partial charge in [0.2, 0.25) is 5.91 Å². The Kier molecular flexibility index (Phi) is 7.84. The molecule has 1 aliphatic rings. The number of hydrogen-bond donors (Lipinski definition) is 4. The summed E-state index contributed by atoms with van der Waals surface area (Å²) in [6.07, 6.45) is 0.688. The van der Waals surface area contributed by atoms with E-state index in [1.54, 1.807) is 59.5 Å². The molecule has 1 aromatic heterocycles. The third-order valence-corrected chi connectivity index (χ3v) is 7.88. The van der Waals surface area contributed by atoms with Crippen molar-refractivity contribution in [1.82, 2.24) is 10.6 Å². The second-order valence-electron chi connectivity index (χ2n) is 7.65. The molecular formula is C23H22ClN3O4S3. The van der Waals surface area contributed by atoms with Crippen molar-refractivity contribution in [2.75, 3.05) is 4.72 Å². The highest BCUT2D eigenvalue weighted by Crippen LogP contribution is 2.37. The lowest BCUT2D eigenvalue weighted by Gasteiger charge is -2.22. The number of amides is 1. The van der Waals surface area contributed by atoms with Gasteiger partial charge in [-0.3, -0.25) is 14.1 Å². The van der Waals surface area contributed by atoms with Crippen molar-refractivity contribution in [3.8, 4) is 0 Å². The summed E-state index contributed by atoms with van der Waals surface area (Å²) >= 11 is 9.37. The third kappa shape index (κ3) is 7.00. The maximum atomic E-state index is 12.9. The topological polar surface area (TPSA) is 108 Å². The second-order valence-corrected chi connectivity index (χ2v) is 11.2. The van der Waals surface area contributed by atoms with Gasteiger partial charge in [-0.15, -0.1) is 23.1 Å². The van der Waals surface area contributed by atoms with Crippen LogP contribution in [0.25, 0.3) is 0 Å². The van der Waals surface area contributed by atoms with Gasteiger partial charge in [0, 0.05) is 15.6 Å². The van der Waals surface area contributed by atoms with Gasteiger partial charge in [0.1, 0.15) is 5.37 Å². The molecule has 4 rings (SSSR count). The van der Waals surface area contributed by atoms with Crippen molar-refractivity contribution in [1.29, 1.82) is 0 Å². The third-order valence-electron chi connectivity index (χ3n) is 5.04. The zero-order valence-electron chi connectivity index (χ0n) is 17.8. The standard InChI is InChI=1S/C23H22ClN3O4S3/c24-17-4-1-3-16(11-17)13-22(28)25-19(20-14-33-23(26-20)21-5-2-10-32-21)12-15-6-8-18(9-7-15)27-34(29,30)31/h1-11,14,19,23,26-27H,12-13H2,(H,25,28)(H,29,30,31)/t19-,23?/m0/s1. The van der Waals surface area contributed by atoms with E-state index >= 15 is 0 Å². The van der Waals surface area contributed by atoms with Crippen LogP contribution in [0.5, 0.6) is 0 Å². The number of anilines is 1. The molecule has 2 aromatic carbocycles. The first kappa shape index (κ1) is 24.6. The molecule has 1 unspecified atom stereocenters. The zero-order chi connectivity index (χ0) is 24.1. The fourth-order valence-corrected chi connectivity index (χ4v) is 6.10. The molecule has 178 valence electrons. The molecule has 0 aliphatic carbocycles. The van der Waals surface area contributed by atoms with Gasteiger partial charge in [0.25, 0.3) is 0 Å². The van der Waals surface area contributed by atoms with Crippen LogP contribution in [0.15, 0.2) is 77.1 Å². The van der Waals surface area contributed by atoms with E-state index in [9.17, 15) is 13.2 Å². The lowest BCUT2D eigenvalue weighted by atomic mass is 10.0. The lowest BCUT2D eigenvalue weighted by molar-refractivity contribution is -0.120. The van der Waals surface area contributed by atoms with Crippen LogP contribution in [0.1, 0.15) is 21.4 Å². The van der Waals surface area contributed by atoms with Crippen molar-refractivity contribution in [2.45, 2.75) is 24.3 Å². The summed E-state index contributed by atoms with van der Waals surface area (Å²) in [6, 6.07) is 17.6. The van der Waals surface area contributed by atoms with Gasteiger partial charge in [-0.2, -0.15) is 8.42 Å². The number of carbonyl (C=O) groups excluding carboxylic acids is 1. The zero-order valence-corrected chi connectivity index (χ0v) is 21.0. The maximum absolute atomic E-state index is 12.9. The molecule has 0 radical (unpaired) electrons. The molecule has 0 bridgehead atoms. The number of nitrogens with one attached hydrogen (secondary N) is 3. The average Bonchev–Trinajstić information content (AvgIpc) is 3.46. The predicted molar refractivity (Wildman–Crippen MR) is 138 cm³/mol. The molecule has 3 aromatic rings. The van der Waals surface area contributed by atoms with Crippen LogP contribution in [-0.4, -0.2) is 24.9 Å². The lowest BCUT2D eigenvalue weighted by Crippen LogP contribution is -2.41. The summed E-state index contributed by atoms with van der Waals surface area (Å²) in [4.78, 5) is 14.1. The minimum Gasteiger partial charge on any atom is -0.370 e. The monoisotopic (exact) mass is 535 g/mol. The molecule has 1 aliphatic heterocycles. The molecule has 2 atom stereocenters. The first-order chi connectivity index (χ1) is 16.2. The first-order valence-electron chi connectivity index (χ1n) is 10.3. The van der Waals surface area contributed by atoms with E-state index in [1.807, 2.05) is 33.7 Å².